The molecule has 1 unspecified atom stereocenters. The van der Waals surface area contributed by atoms with E-state index in [9.17, 15) is 0 Å². The first-order chi connectivity index (χ1) is 17.4. The molecule has 0 aliphatic carbocycles. The highest BCUT2D eigenvalue weighted by molar-refractivity contribution is 5.89. The maximum absolute atomic E-state index is 5.73. The number of hydrogen-bond acceptors (Lipinski definition) is 9. The predicted octanol–water partition coefficient (Wildman–Crippen LogP) is 3.81. The number of aromatic nitrogens is 6. The molecule has 5 heterocycles. The standard InChI is InChI=1S/C26H30N8O2/c1-16-11-19-13-27-25(30-22(19)24(28-16)34-9-7-26(14-34)8-10-36-15-26)29-20-6-5-18(12-21(20)35-4)23-32-31-17(2)33(23)3/h5-6,11-13H,7-10,14-15H2,1-4H3,(H,27,29,30). The highest BCUT2D eigenvalue weighted by Gasteiger charge is 2.42. The molecule has 10 heteroatoms. The van der Waals surface area contributed by atoms with E-state index in [0.29, 0.717) is 11.7 Å². The minimum atomic E-state index is 0.238. The van der Waals surface area contributed by atoms with E-state index < -0.39 is 0 Å². The van der Waals surface area contributed by atoms with Crippen LogP contribution in [0.5, 0.6) is 5.75 Å². The van der Waals surface area contributed by atoms with E-state index in [1.165, 1.54) is 0 Å². The molecular formula is C26H30N8O2. The number of aryl methyl sites for hydroxylation is 2. The molecule has 2 fully saturated rings. The summed E-state index contributed by atoms with van der Waals surface area (Å²) in [6.07, 6.45) is 4.09. The molecule has 6 rings (SSSR count). The summed E-state index contributed by atoms with van der Waals surface area (Å²) in [5.74, 6) is 3.70. The molecule has 2 aliphatic heterocycles. The lowest BCUT2D eigenvalue weighted by atomic mass is 9.87. The van der Waals surface area contributed by atoms with Crippen LogP contribution in [0.25, 0.3) is 22.3 Å². The van der Waals surface area contributed by atoms with E-state index in [0.717, 1.165) is 84.5 Å². The number of benzene rings is 1. The van der Waals surface area contributed by atoms with E-state index in [1.54, 1.807) is 7.11 Å². The summed E-state index contributed by atoms with van der Waals surface area (Å²) < 4.78 is 13.4. The Morgan fingerprint density at radius 1 is 1.11 bits per heavy atom. The van der Waals surface area contributed by atoms with Crippen molar-refractivity contribution in [3.8, 4) is 17.1 Å². The van der Waals surface area contributed by atoms with Gasteiger partial charge in [-0.15, -0.1) is 10.2 Å². The number of ether oxygens (including phenoxy) is 2. The molecule has 2 aliphatic rings. The number of rotatable bonds is 5. The maximum atomic E-state index is 5.73. The summed E-state index contributed by atoms with van der Waals surface area (Å²) in [5.41, 5.74) is 3.73. The molecule has 4 aromatic rings. The van der Waals surface area contributed by atoms with Gasteiger partial charge in [0.1, 0.15) is 17.1 Å². The van der Waals surface area contributed by atoms with Crippen LogP contribution in [-0.4, -0.2) is 63.1 Å². The lowest BCUT2D eigenvalue weighted by Gasteiger charge is -2.23. The normalized spacial score (nSPS) is 19.5. The second-order valence-corrected chi connectivity index (χ2v) is 9.86. The minimum Gasteiger partial charge on any atom is -0.495 e. The molecule has 0 amide bonds. The number of nitrogens with zero attached hydrogens (tertiary/aromatic N) is 7. The molecule has 0 bridgehead atoms. The summed E-state index contributed by atoms with van der Waals surface area (Å²) in [4.78, 5) is 16.8. The first-order valence-electron chi connectivity index (χ1n) is 12.2. The van der Waals surface area contributed by atoms with Crippen LogP contribution >= 0.6 is 0 Å². The van der Waals surface area contributed by atoms with Gasteiger partial charge >= 0.3 is 0 Å². The van der Waals surface area contributed by atoms with Crippen LogP contribution in [0, 0.1) is 19.3 Å². The van der Waals surface area contributed by atoms with Crippen molar-refractivity contribution < 1.29 is 9.47 Å². The molecule has 36 heavy (non-hydrogen) atoms. The number of hydrogen-bond donors (Lipinski definition) is 1. The Morgan fingerprint density at radius 3 is 2.75 bits per heavy atom. The number of anilines is 3. The zero-order chi connectivity index (χ0) is 24.9. The third-order valence-electron chi connectivity index (χ3n) is 7.40. The van der Waals surface area contributed by atoms with Crippen molar-refractivity contribution in [1.29, 1.82) is 0 Å². The van der Waals surface area contributed by atoms with Gasteiger partial charge in [0.15, 0.2) is 11.6 Å². The van der Waals surface area contributed by atoms with E-state index >= 15 is 0 Å². The first kappa shape index (κ1) is 22.7. The van der Waals surface area contributed by atoms with Crippen molar-refractivity contribution in [1.82, 2.24) is 29.7 Å². The van der Waals surface area contributed by atoms with Crippen LogP contribution in [0.1, 0.15) is 24.4 Å². The van der Waals surface area contributed by atoms with Gasteiger partial charge in [-0.05, 0) is 51.0 Å². The largest absolute Gasteiger partial charge is 0.495 e. The van der Waals surface area contributed by atoms with Crippen LogP contribution in [0.3, 0.4) is 0 Å². The Labute approximate surface area is 209 Å². The van der Waals surface area contributed by atoms with Crippen molar-refractivity contribution in [3.05, 3.63) is 42.0 Å². The van der Waals surface area contributed by atoms with Crippen LogP contribution in [0.2, 0.25) is 0 Å². The third kappa shape index (κ3) is 3.91. The van der Waals surface area contributed by atoms with E-state index in [1.807, 2.05) is 55.9 Å². The lowest BCUT2D eigenvalue weighted by molar-refractivity contribution is 0.160. The Bertz CT molecular complexity index is 1440. The Balaban J connectivity index is 1.33. The average Bonchev–Trinajstić information content (AvgIpc) is 3.61. The molecule has 3 aromatic heterocycles. The second-order valence-electron chi connectivity index (χ2n) is 9.86. The molecule has 0 radical (unpaired) electrons. The van der Waals surface area contributed by atoms with Crippen LogP contribution < -0.4 is 15.0 Å². The van der Waals surface area contributed by atoms with E-state index in [2.05, 4.69) is 25.4 Å². The Hall–Kier alpha value is -3.79. The molecule has 1 spiro atoms. The first-order valence-corrected chi connectivity index (χ1v) is 12.2. The summed E-state index contributed by atoms with van der Waals surface area (Å²) in [7, 11) is 3.59. The second kappa shape index (κ2) is 8.70. The Morgan fingerprint density at radius 2 is 2.00 bits per heavy atom. The third-order valence-corrected chi connectivity index (χ3v) is 7.40. The van der Waals surface area contributed by atoms with Crippen molar-refractivity contribution in [2.45, 2.75) is 26.7 Å². The summed E-state index contributed by atoms with van der Waals surface area (Å²) >= 11 is 0. The van der Waals surface area contributed by atoms with Gasteiger partial charge in [-0.25, -0.2) is 15.0 Å². The van der Waals surface area contributed by atoms with Crippen LogP contribution in [0.15, 0.2) is 30.5 Å². The summed E-state index contributed by atoms with van der Waals surface area (Å²) in [6, 6.07) is 7.91. The highest BCUT2D eigenvalue weighted by Crippen LogP contribution is 2.41. The fourth-order valence-corrected chi connectivity index (χ4v) is 5.23. The fraction of sp³-hybridized carbons (Fsp3) is 0.423. The quantitative estimate of drug-likeness (QED) is 0.451. The zero-order valence-corrected chi connectivity index (χ0v) is 21.1. The van der Waals surface area contributed by atoms with E-state index in [-0.39, 0.29) is 5.41 Å². The van der Waals surface area contributed by atoms with Gasteiger partial charge in [-0.1, -0.05) is 0 Å². The Kier molecular flexibility index (Phi) is 5.48. The molecule has 186 valence electrons. The van der Waals surface area contributed by atoms with Gasteiger partial charge in [0, 0.05) is 55.0 Å². The molecule has 0 saturated carbocycles. The van der Waals surface area contributed by atoms with Gasteiger partial charge in [-0.2, -0.15) is 0 Å². The van der Waals surface area contributed by atoms with Crippen molar-refractivity contribution >= 4 is 28.4 Å². The molecule has 2 saturated heterocycles. The number of methoxy groups -OCH3 is 1. The summed E-state index contributed by atoms with van der Waals surface area (Å²) in [6.45, 7) is 7.53. The number of pyridine rings is 1. The van der Waals surface area contributed by atoms with Gasteiger partial charge < -0.3 is 24.3 Å². The van der Waals surface area contributed by atoms with Crippen molar-refractivity contribution in [2.24, 2.45) is 12.5 Å². The minimum absolute atomic E-state index is 0.238. The number of nitrogens with one attached hydrogen (secondary N) is 1. The smallest absolute Gasteiger partial charge is 0.227 e. The average molecular weight is 487 g/mol. The van der Waals surface area contributed by atoms with Gasteiger partial charge in [0.2, 0.25) is 5.95 Å². The SMILES string of the molecule is COc1cc(-c2nnc(C)n2C)ccc1Nc1ncc2cc(C)nc(N3CCC4(CCOC4)C3)c2n1. The maximum Gasteiger partial charge on any atom is 0.227 e. The zero-order valence-electron chi connectivity index (χ0n) is 21.1. The van der Waals surface area contributed by atoms with Crippen LogP contribution in [-0.2, 0) is 11.8 Å². The van der Waals surface area contributed by atoms with Gasteiger partial charge in [-0.3, -0.25) is 0 Å². The highest BCUT2D eigenvalue weighted by atomic mass is 16.5. The van der Waals surface area contributed by atoms with Crippen molar-refractivity contribution in [3.63, 3.8) is 0 Å². The molecular weight excluding hydrogens is 456 g/mol. The molecule has 1 atom stereocenters. The van der Waals surface area contributed by atoms with Crippen LogP contribution in [0.4, 0.5) is 17.5 Å². The lowest BCUT2D eigenvalue weighted by Crippen LogP contribution is -2.28. The monoisotopic (exact) mass is 486 g/mol. The van der Waals surface area contributed by atoms with Crippen molar-refractivity contribution in [2.75, 3.05) is 43.6 Å². The summed E-state index contributed by atoms with van der Waals surface area (Å²) in [5, 5.41) is 12.8. The molecule has 1 aromatic carbocycles. The fourth-order valence-electron chi connectivity index (χ4n) is 5.23. The van der Waals surface area contributed by atoms with Gasteiger partial charge in [0.05, 0.1) is 19.4 Å². The predicted molar refractivity (Wildman–Crippen MR) is 138 cm³/mol. The number of fused-ring (bicyclic) bond motifs is 1. The topological polar surface area (TPSA) is 103 Å². The van der Waals surface area contributed by atoms with E-state index in [4.69, 9.17) is 19.4 Å². The van der Waals surface area contributed by atoms with Gasteiger partial charge in [0.25, 0.3) is 0 Å². The molecule has 1 N–H and O–H groups in total. The molecule has 10 nitrogen and oxygen atoms in total.